The van der Waals surface area contributed by atoms with E-state index in [9.17, 15) is 0 Å². The van der Waals surface area contributed by atoms with Crippen LogP contribution < -0.4 is 10.9 Å². The minimum absolute atomic E-state index is 0. The Morgan fingerprint density at radius 3 is 2.06 bits per heavy atom. The smallest absolute Gasteiger partial charge is 0.0269 e. The van der Waals surface area contributed by atoms with Crippen molar-refractivity contribution in [3.63, 3.8) is 0 Å². The van der Waals surface area contributed by atoms with Crippen molar-refractivity contribution in [1.82, 2.24) is 10.9 Å². The van der Waals surface area contributed by atoms with Gasteiger partial charge in [-0.05, 0) is 62.2 Å². The second kappa shape index (κ2) is 5.90. The summed E-state index contributed by atoms with van der Waals surface area (Å²) in [7, 11) is 0. The molecule has 4 saturated carbocycles. The lowest BCUT2D eigenvalue weighted by molar-refractivity contribution is -0.0187. The lowest BCUT2D eigenvalue weighted by atomic mass is 9.54. The van der Waals surface area contributed by atoms with Gasteiger partial charge in [0.15, 0.2) is 0 Å². The number of hydrogen-bond acceptors (Lipinski definition) is 2. The number of halogens is 1. The highest BCUT2D eigenvalue weighted by atomic mass is 35.5. The SMILES string of the molecule is CCCCNNC1C2CC3CC(C2)CC1C3.Cl. The molecule has 3 heteroatoms. The summed E-state index contributed by atoms with van der Waals surface area (Å²) in [5.41, 5.74) is 7.11. The Morgan fingerprint density at radius 1 is 0.941 bits per heavy atom. The van der Waals surface area contributed by atoms with Gasteiger partial charge in [-0.15, -0.1) is 12.4 Å². The fourth-order valence-corrected chi connectivity index (χ4v) is 4.62. The van der Waals surface area contributed by atoms with Crippen LogP contribution >= 0.6 is 12.4 Å². The summed E-state index contributed by atoms with van der Waals surface area (Å²) < 4.78 is 0. The van der Waals surface area contributed by atoms with Crippen LogP contribution in [0, 0.1) is 23.7 Å². The van der Waals surface area contributed by atoms with Crippen molar-refractivity contribution in [2.75, 3.05) is 6.54 Å². The molecule has 0 spiro atoms. The topological polar surface area (TPSA) is 24.1 Å². The van der Waals surface area contributed by atoms with Gasteiger partial charge in [0.2, 0.25) is 0 Å². The summed E-state index contributed by atoms with van der Waals surface area (Å²) in [4.78, 5) is 0. The van der Waals surface area contributed by atoms with Gasteiger partial charge in [0, 0.05) is 12.6 Å². The molecule has 0 aromatic rings. The van der Waals surface area contributed by atoms with E-state index in [2.05, 4.69) is 17.8 Å². The van der Waals surface area contributed by atoms with Crippen LogP contribution in [-0.2, 0) is 0 Å². The highest BCUT2D eigenvalue weighted by Gasteiger charge is 2.47. The Hall–Kier alpha value is 0.210. The minimum Gasteiger partial charge on any atom is -0.258 e. The zero-order chi connectivity index (χ0) is 11.0. The van der Waals surface area contributed by atoms with Gasteiger partial charge >= 0.3 is 0 Å². The van der Waals surface area contributed by atoms with Crippen LogP contribution in [0.15, 0.2) is 0 Å². The largest absolute Gasteiger partial charge is 0.258 e. The fraction of sp³-hybridized carbons (Fsp3) is 1.00. The van der Waals surface area contributed by atoms with Crippen molar-refractivity contribution in [3.05, 3.63) is 0 Å². The van der Waals surface area contributed by atoms with E-state index in [0.717, 1.165) is 36.3 Å². The van der Waals surface area contributed by atoms with Gasteiger partial charge in [-0.1, -0.05) is 13.3 Å². The summed E-state index contributed by atoms with van der Waals surface area (Å²) in [5, 5.41) is 0. The summed E-state index contributed by atoms with van der Waals surface area (Å²) in [5.74, 6) is 4.17. The first-order valence-corrected chi connectivity index (χ1v) is 7.35. The van der Waals surface area contributed by atoms with Gasteiger partial charge in [0.1, 0.15) is 0 Å². The Bertz CT molecular complexity index is 216. The van der Waals surface area contributed by atoms with E-state index in [1.807, 2.05) is 0 Å². The lowest BCUT2D eigenvalue weighted by Crippen LogP contribution is -2.57. The van der Waals surface area contributed by atoms with Crippen LogP contribution in [0.1, 0.15) is 51.9 Å². The molecule has 4 fully saturated rings. The van der Waals surface area contributed by atoms with Gasteiger partial charge in [-0.25, -0.2) is 0 Å². The molecule has 4 aliphatic carbocycles. The molecular weight excluding hydrogens is 232 g/mol. The molecule has 0 heterocycles. The summed E-state index contributed by atoms with van der Waals surface area (Å²) in [6, 6.07) is 0.796. The molecule has 4 rings (SSSR count). The molecular formula is C14H27ClN2. The van der Waals surface area contributed by atoms with Crippen molar-refractivity contribution in [2.24, 2.45) is 23.7 Å². The Morgan fingerprint density at radius 2 is 1.53 bits per heavy atom. The van der Waals surface area contributed by atoms with E-state index in [-0.39, 0.29) is 12.4 Å². The Labute approximate surface area is 112 Å². The van der Waals surface area contributed by atoms with Gasteiger partial charge in [0.05, 0.1) is 0 Å². The second-order valence-electron chi connectivity index (χ2n) is 6.38. The number of nitrogens with one attached hydrogen (secondary N) is 2. The first-order chi connectivity index (χ1) is 7.86. The zero-order valence-electron chi connectivity index (χ0n) is 11.0. The summed E-state index contributed by atoms with van der Waals surface area (Å²) >= 11 is 0. The van der Waals surface area contributed by atoms with E-state index in [1.54, 1.807) is 6.42 Å². The summed E-state index contributed by atoms with van der Waals surface area (Å²) in [6.45, 7) is 3.39. The number of unbranched alkanes of at least 4 members (excludes halogenated alkanes) is 1. The molecule has 17 heavy (non-hydrogen) atoms. The molecule has 0 aromatic heterocycles. The van der Waals surface area contributed by atoms with E-state index in [1.165, 1.54) is 38.5 Å². The first-order valence-electron chi connectivity index (χ1n) is 7.35. The van der Waals surface area contributed by atoms with Crippen molar-refractivity contribution in [1.29, 1.82) is 0 Å². The van der Waals surface area contributed by atoms with Crippen LogP contribution in [0.4, 0.5) is 0 Å². The first kappa shape index (κ1) is 13.6. The van der Waals surface area contributed by atoms with E-state index in [4.69, 9.17) is 0 Å². The third-order valence-corrected chi connectivity index (χ3v) is 5.15. The van der Waals surface area contributed by atoms with Crippen LogP contribution in [-0.4, -0.2) is 12.6 Å². The maximum absolute atomic E-state index is 3.65. The number of hydrogen-bond donors (Lipinski definition) is 2. The maximum Gasteiger partial charge on any atom is 0.0269 e. The molecule has 2 nitrogen and oxygen atoms in total. The van der Waals surface area contributed by atoms with E-state index < -0.39 is 0 Å². The molecule has 0 unspecified atom stereocenters. The average molecular weight is 259 g/mol. The molecule has 0 aliphatic heterocycles. The normalized spacial score (nSPS) is 42.5. The second-order valence-corrected chi connectivity index (χ2v) is 6.38. The van der Waals surface area contributed by atoms with Crippen LogP contribution in [0.2, 0.25) is 0 Å². The van der Waals surface area contributed by atoms with Gasteiger partial charge in [0.25, 0.3) is 0 Å². The Balaban J connectivity index is 0.00000108. The van der Waals surface area contributed by atoms with Crippen LogP contribution in [0.3, 0.4) is 0 Å². The molecule has 4 bridgehead atoms. The molecule has 0 aromatic carbocycles. The maximum atomic E-state index is 3.65. The van der Waals surface area contributed by atoms with Crippen LogP contribution in [0.25, 0.3) is 0 Å². The van der Waals surface area contributed by atoms with Gasteiger partial charge in [-0.3, -0.25) is 10.9 Å². The number of hydrazine groups is 1. The van der Waals surface area contributed by atoms with E-state index >= 15 is 0 Å². The molecule has 2 N–H and O–H groups in total. The molecule has 4 aliphatic rings. The van der Waals surface area contributed by atoms with E-state index in [0.29, 0.717) is 0 Å². The molecule has 0 atom stereocenters. The third-order valence-electron chi connectivity index (χ3n) is 5.15. The molecule has 0 saturated heterocycles. The Kier molecular flexibility index (Phi) is 4.73. The number of rotatable bonds is 5. The van der Waals surface area contributed by atoms with Crippen molar-refractivity contribution >= 4 is 12.4 Å². The summed E-state index contributed by atoms with van der Waals surface area (Å²) in [6.07, 6.45) is 10.2. The third kappa shape index (κ3) is 2.80. The highest BCUT2D eigenvalue weighted by Crippen LogP contribution is 2.53. The zero-order valence-corrected chi connectivity index (χ0v) is 11.8. The molecule has 0 radical (unpaired) electrons. The van der Waals surface area contributed by atoms with Crippen molar-refractivity contribution < 1.29 is 0 Å². The monoisotopic (exact) mass is 258 g/mol. The standard InChI is InChI=1S/C14H26N2.ClH/c1-2-3-4-15-16-14-12-6-10-5-11(8-12)9-13(14)7-10;/h10-16H,2-9H2,1H3;1H. The molecule has 0 amide bonds. The van der Waals surface area contributed by atoms with Crippen LogP contribution in [0.5, 0.6) is 0 Å². The minimum atomic E-state index is 0. The van der Waals surface area contributed by atoms with Gasteiger partial charge < -0.3 is 0 Å². The quantitative estimate of drug-likeness (QED) is 0.585. The average Bonchev–Trinajstić information content (AvgIpc) is 2.26. The predicted octanol–water partition coefficient (Wildman–Crippen LogP) is 3.13. The molecule has 100 valence electrons. The fourth-order valence-electron chi connectivity index (χ4n) is 4.62. The predicted molar refractivity (Wildman–Crippen MR) is 74.1 cm³/mol. The van der Waals surface area contributed by atoms with Gasteiger partial charge in [-0.2, -0.15) is 0 Å². The highest BCUT2D eigenvalue weighted by molar-refractivity contribution is 5.85. The lowest BCUT2D eigenvalue weighted by Gasteiger charge is -2.54. The van der Waals surface area contributed by atoms with Crippen molar-refractivity contribution in [2.45, 2.75) is 57.9 Å². The van der Waals surface area contributed by atoms with Crippen molar-refractivity contribution in [3.8, 4) is 0 Å².